The Kier molecular flexibility index (Phi) is 5.40. The fraction of sp³-hybridized carbons (Fsp3) is 0.667. The molecule has 1 aliphatic heterocycles. The quantitative estimate of drug-likeness (QED) is 0.828. The molecule has 0 saturated carbocycles. The van der Waals surface area contributed by atoms with E-state index in [2.05, 4.69) is 23.3 Å². The van der Waals surface area contributed by atoms with Gasteiger partial charge in [0.1, 0.15) is 0 Å². The molecule has 0 spiro atoms. The number of carbonyl (C=O) groups excluding carboxylic acids is 1. The molecule has 1 aromatic heterocycles. The summed E-state index contributed by atoms with van der Waals surface area (Å²) >= 11 is 1.71. The molecule has 1 saturated heterocycles. The van der Waals surface area contributed by atoms with E-state index in [1.54, 1.807) is 11.3 Å². The highest BCUT2D eigenvalue weighted by atomic mass is 32.1. The van der Waals surface area contributed by atoms with Crippen LogP contribution < -0.4 is 0 Å². The van der Waals surface area contributed by atoms with E-state index in [-0.39, 0.29) is 5.91 Å². The van der Waals surface area contributed by atoms with E-state index in [9.17, 15) is 4.79 Å². The molecule has 0 bridgehead atoms. The van der Waals surface area contributed by atoms with E-state index >= 15 is 0 Å². The number of thiophene rings is 1. The summed E-state index contributed by atoms with van der Waals surface area (Å²) in [7, 11) is 1.91. The van der Waals surface area contributed by atoms with E-state index in [1.807, 2.05) is 18.0 Å². The minimum atomic E-state index is 0.244. The number of hydrogen-bond donors (Lipinski definition) is 0. The molecule has 1 atom stereocenters. The van der Waals surface area contributed by atoms with E-state index in [0.29, 0.717) is 12.6 Å². The van der Waals surface area contributed by atoms with Crippen molar-refractivity contribution >= 4 is 17.2 Å². The monoisotopic (exact) mass is 280 g/mol. The van der Waals surface area contributed by atoms with Crippen LogP contribution in [0, 0.1) is 0 Å². The predicted octanol–water partition coefficient (Wildman–Crippen LogP) is 2.97. The molecule has 4 heteroatoms. The number of nitrogens with zero attached hydrogens (tertiary/aromatic N) is 2. The van der Waals surface area contributed by atoms with Gasteiger partial charge in [-0.3, -0.25) is 9.69 Å². The maximum atomic E-state index is 12.3. The van der Waals surface area contributed by atoms with E-state index in [4.69, 9.17) is 0 Å². The average Bonchev–Trinajstić information content (AvgIpc) is 2.92. The molecule has 1 aromatic rings. The van der Waals surface area contributed by atoms with Crippen molar-refractivity contribution in [1.29, 1.82) is 0 Å². The summed E-state index contributed by atoms with van der Waals surface area (Å²) in [6.07, 6.45) is 4.95. The Hall–Kier alpha value is -0.870. The number of rotatable bonds is 5. The van der Waals surface area contributed by atoms with Gasteiger partial charge >= 0.3 is 0 Å². The zero-order valence-corrected chi connectivity index (χ0v) is 12.8. The highest BCUT2D eigenvalue weighted by Crippen LogP contribution is 2.19. The van der Waals surface area contributed by atoms with Crippen LogP contribution in [0.3, 0.4) is 0 Å². The highest BCUT2D eigenvalue weighted by molar-refractivity contribution is 7.09. The van der Waals surface area contributed by atoms with Gasteiger partial charge in [-0.2, -0.15) is 0 Å². The first-order chi connectivity index (χ1) is 9.20. The molecule has 0 N–H and O–H groups in total. The standard InChI is InChI=1S/C15H24N2OS/c1-3-13-7-4-5-9-17(13)12-15(18)16(2)11-14-8-6-10-19-14/h6,8,10,13H,3-5,7,9,11-12H2,1-2H3. The van der Waals surface area contributed by atoms with Crippen LogP contribution >= 0.6 is 11.3 Å². The second kappa shape index (κ2) is 7.06. The van der Waals surface area contributed by atoms with Crippen LogP contribution in [-0.4, -0.2) is 41.9 Å². The molecule has 2 heterocycles. The van der Waals surface area contributed by atoms with Crippen LogP contribution in [0.5, 0.6) is 0 Å². The van der Waals surface area contributed by atoms with Crippen molar-refractivity contribution in [2.75, 3.05) is 20.1 Å². The molecule has 1 fully saturated rings. The third kappa shape index (κ3) is 4.05. The van der Waals surface area contributed by atoms with Crippen molar-refractivity contribution in [3.63, 3.8) is 0 Å². The van der Waals surface area contributed by atoms with Gasteiger partial charge in [0, 0.05) is 18.0 Å². The zero-order valence-electron chi connectivity index (χ0n) is 12.0. The fourth-order valence-electron chi connectivity index (χ4n) is 2.75. The second-order valence-corrected chi connectivity index (χ2v) is 6.39. The van der Waals surface area contributed by atoms with Gasteiger partial charge in [0.2, 0.25) is 5.91 Å². The molecule has 1 unspecified atom stereocenters. The number of hydrogen-bond acceptors (Lipinski definition) is 3. The number of amides is 1. The number of piperidine rings is 1. The molecular weight excluding hydrogens is 256 g/mol. The first-order valence-electron chi connectivity index (χ1n) is 7.21. The van der Waals surface area contributed by atoms with Gasteiger partial charge in [-0.1, -0.05) is 19.4 Å². The van der Waals surface area contributed by atoms with Gasteiger partial charge in [-0.05, 0) is 37.3 Å². The smallest absolute Gasteiger partial charge is 0.236 e. The van der Waals surface area contributed by atoms with Crippen LogP contribution in [0.1, 0.15) is 37.5 Å². The van der Waals surface area contributed by atoms with Crippen molar-refractivity contribution < 1.29 is 4.79 Å². The summed E-state index contributed by atoms with van der Waals surface area (Å²) < 4.78 is 0. The SMILES string of the molecule is CCC1CCCCN1CC(=O)N(C)Cc1cccs1. The molecule has 106 valence electrons. The molecule has 1 aliphatic rings. The summed E-state index contributed by atoms with van der Waals surface area (Å²) in [4.78, 5) is 17.8. The van der Waals surface area contributed by atoms with Gasteiger partial charge in [-0.25, -0.2) is 0 Å². The first kappa shape index (κ1) is 14.5. The highest BCUT2D eigenvalue weighted by Gasteiger charge is 2.23. The minimum absolute atomic E-state index is 0.244. The van der Waals surface area contributed by atoms with Crippen LogP contribution in [0.4, 0.5) is 0 Å². The molecule has 3 nitrogen and oxygen atoms in total. The van der Waals surface area contributed by atoms with Crippen LogP contribution in [0.2, 0.25) is 0 Å². The van der Waals surface area contributed by atoms with Gasteiger partial charge < -0.3 is 4.90 Å². The lowest BCUT2D eigenvalue weighted by Crippen LogP contribution is -2.45. The second-order valence-electron chi connectivity index (χ2n) is 5.36. The summed E-state index contributed by atoms with van der Waals surface area (Å²) in [6, 6.07) is 4.73. The molecule has 19 heavy (non-hydrogen) atoms. The molecule has 1 amide bonds. The first-order valence-corrected chi connectivity index (χ1v) is 8.09. The zero-order chi connectivity index (χ0) is 13.7. The van der Waals surface area contributed by atoms with Crippen molar-refractivity contribution in [1.82, 2.24) is 9.80 Å². The molecule has 0 aromatic carbocycles. The summed E-state index contributed by atoms with van der Waals surface area (Å²) in [5.41, 5.74) is 0. The minimum Gasteiger partial charge on any atom is -0.340 e. The van der Waals surface area contributed by atoms with Gasteiger partial charge in [0.25, 0.3) is 0 Å². The molecular formula is C15H24N2OS. The Morgan fingerprint density at radius 1 is 1.53 bits per heavy atom. The Balaban J connectivity index is 1.85. The van der Waals surface area contributed by atoms with Crippen molar-refractivity contribution in [3.05, 3.63) is 22.4 Å². The molecule has 0 aliphatic carbocycles. The Bertz CT molecular complexity index is 391. The number of likely N-dealkylation sites (tertiary alicyclic amines) is 1. The summed E-state index contributed by atoms with van der Waals surface area (Å²) in [5, 5.41) is 2.06. The topological polar surface area (TPSA) is 23.6 Å². The van der Waals surface area contributed by atoms with E-state index in [1.165, 1.54) is 24.1 Å². The fourth-order valence-corrected chi connectivity index (χ4v) is 3.51. The summed E-state index contributed by atoms with van der Waals surface area (Å²) in [6.45, 7) is 4.63. The van der Waals surface area contributed by atoms with E-state index in [0.717, 1.165) is 19.5 Å². The Morgan fingerprint density at radius 2 is 2.37 bits per heavy atom. The predicted molar refractivity (Wildman–Crippen MR) is 80.3 cm³/mol. The molecule has 2 rings (SSSR count). The van der Waals surface area contributed by atoms with Crippen LogP contribution in [0.15, 0.2) is 17.5 Å². The maximum absolute atomic E-state index is 12.3. The maximum Gasteiger partial charge on any atom is 0.236 e. The largest absolute Gasteiger partial charge is 0.340 e. The third-order valence-electron chi connectivity index (χ3n) is 3.96. The Morgan fingerprint density at radius 3 is 3.05 bits per heavy atom. The number of likely N-dealkylation sites (N-methyl/N-ethyl adjacent to an activating group) is 1. The van der Waals surface area contributed by atoms with Gasteiger partial charge in [-0.15, -0.1) is 11.3 Å². The third-order valence-corrected chi connectivity index (χ3v) is 4.82. The lowest BCUT2D eigenvalue weighted by Gasteiger charge is -2.35. The lowest BCUT2D eigenvalue weighted by atomic mass is 10.00. The van der Waals surface area contributed by atoms with Crippen molar-refractivity contribution in [2.24, 2.45) is 0 Å². The lowest BCUT2D eigenvalue weighted by molar-refractivity contribution is -0.132. The van der Waals surface area contributed by atoms with Gasteiger partial charge in [0.05, 0.1) is 13.1 Å². The Labute approximate surface area is 120 Å². The van der Waals surface area contributed by atoms with Crippen LogP contribution in [-0.2, 0) is 11.3 Å². The summed E-state index contributed by atoms with van der Waals surface area (Å²) in [5.74, 6) is 0.244. The van der Waals surface area contributed by atoms with Crippen LogP contribution in [0.25, 0.3) is 0 Å². The van der Waals surface area contributed by atoms with Gasteiger partial charge in [0.15, 0.2) is 0 Å². The molecule has 0 radical (unpaired) electrons. The van der Waals surface area contributed by atoms with Crippen molar-refractivity contribution in [2.45, 2.75) is 45.2 Å². The number of carbonyl (C=O) groups is 1. The van der Waals surface area contributed by atoms with Crippen molar-refractivity contribution in [3.8, 4) is 0 Å². The van der Waals surface area contributed by atoms with E-state index < -0.39 is 0 Å². The normalized spacial score (nSPS) is 20.4. The average molecular weight is 280 g/mol.